The normalized spacial score (nSPS) is 15.5. The van der Waals surface area contributed by atoms with Crippen LogP contribution in [0.2, 0.25) is 5.02 Å². The van der Waals surface area contributed by atoms with Gasteiger partial charge < -0.3 is 15.1 Å². The summed E-state index contributed by atoms with van der Waals surface area (Å²) in [6.07, 6.45) is 2.98. The number of nitrogens with zero attached hydrogens (tertiary/aromatic N) is 4. The van der Waals surface area contributed by atoms with Gasteiger partial charge in [0.25, 0.3) is 0 Å². The zero-order valence-corrected chi connectivity index (χ0v) is 21.0. The Morgan fingerprint density at radius 2 is 1.89 bits per heavy atom. The zero-order valence-electron chi connectivity index (χ0n) is 19.5. The van der Waals surface area contributed by atoms with E-state index in [2.05, 4.69) is 9.88 Å². The van der Waals surface area contributed by atoms with Crippen molar-refractivity contribution in [1.82, 2.24) is 15.0 Å². The van der Waals surface area contributed by atoms with Gasteiger partial charge in [0.15, 0.2) is 0 Å². The zero-order chi connectivity index (χ0) is 24.7. The molecule has 7 nitrogen and oxygen atoms in total. The standard InChI is InChI=1S/C26H25ClN4O3S/c1-15-13-20-23(22(18(15)14-21(32)33)16-3-5-17(27)6-4-16)35-24(29-20)19-7-10-28-25(30-19)31-11-8-26(2,34)9-12-31/h3-7,10,13,34H,8-9,11-12,14H2,1-2H3,(H,32,33). The molecule has 180 valence electrons. The Kier molecular flexibility index (Phi) is 6.21. The Balaban J connectivity index is 1.60. The van der Waals surface area contributed by atoms with E-state index in [0.29, 0.717) is 42.6 Å². The molecule has 0 amide bonds. The number of aliphatic carboxylic acids is 1. The first-order valence-electron chi connectivity index (χ1n) is 11.4. The van der Waals surface area contributed by atoms with E-state index in [4.69, 9.17) is 21.6 Å². The fourth-order valence-electron chi connectivity index (χ4n) is 4.45. The van der Waals surface area contributed by atoms with E-state index in [1.54, 1.807) is 6.20 Å². The molecule has 1 saturated heterocycles. The predicted molar refractivity (Wildman–Crippen MR) is 139 cm³/mol. The molecule has 0 radical (unpaired) electrons. The molecule has 3 heterocycles. The van der Waals surface area contributed by atoms with Crippen LogP contribution in [-0.2, 0) is 11.2 Å². The van der Waals surface area contributed by atoms with Gasteiger partial charge in [-0.3, -0.25) is 4.79 Å². The van der Waals surface area contributed by atoms with Crippen molar-refractivity contribution in [2.75, 3.05) is 18.0 Å². The number of aryl methyl sites for hydroxylation is 1. The molecule has 0 unspecified atom stereocenters. The van der Waals surface area contributed by atoms with Gasteiger partial charge in [0.05, 0.1) is 22.2 Å². The molecule has 1 fully saturated rings. The van der Waals surface area contributed by atoms with Crippen LogP contribution in [0, 0.1) is 6.92 Å². The number of carbonyl (C=O) groups is 1. The highest BCUT2D eigenvalue weighted by Crippen LogP contribution is 2.41. The Labute approximate surface area is 212 Å². The average molecular weight is 509 g/mol. The van der Waals surface area contributed by atoms with Gasteiger partial charge in [-0.25, -0.2) is 15.0 Å². The molecular weight excluding hydrogens is 484 g/mol. The minimum Gasteiger partial charge on any atom is -0.481 e. The predicted octanol–water partition coefficient (Wildman–Crippen LogP) is 5.36. The van der Waals surface area contributed by atoms with E-state index in [1.807, 2.05) is 50.2 Å². The summed E-state index contributed by atoms with van der Waals surface area (Å²) < 4.78 is 0.915. The summed E-state index contributed by atoms with van der Waals surface area (Å²) in [5, 5.41) is 21.2. The Bertz CT molecular complexity index is 1410. The molecule has 4 aromatic rings. The minimum atomic E-state index is -0.881. The number of benzene rings is 2. The molecule has 2 aromatic carbocycles. The molecule has 5 rings (SSSR count). The maximum absolute atomic E-state index is 11.7. The van der Waals surface area contributed by atoms with Crippen LogP contribution in [0.5, 0.6) is 0 Å². The van der Waals surface area contributed by atoms with Gasteiger partial charge in [-0.1, -0.05) is 23.7 Å². The molecule has 0 aliphatic carbocycles. The van der Waals surface area contributed by atoms with E-state index >= 15 is 0 Å². The Hall–Kier alpha value is -3.07. The van der Waals surface area contributed by atoms with Crippen LogP contribution < -0.4 is 4.90 Å². The topological polar surface area (TPSA) is 99.4 Å². The summed E-state index contributed by atoms with van der Waals surface area (Å²) in [4.78, 5) is 27.9. The molecule has 0 spiro atoms. The van der Waals surface area contributed by atoms with E-state index < -0.39 is 11.6 Å². The van der Waals surface area contributed by atoms with Crippen LogP contribution in [0.3, 0.4) is 0 Å². The number of carboxylic acid groups (broad SMARTS) is 1. The fourth-order valence-corrected chi connectivity index (χ4v) is 5.69. The summed E-state index contributed by atoms with van der Waals surface area (Å²) >= 11 is 7.61. The summed E-state index contributed by atoms with van der Waals surface area (Å²) in [7, 11) is 0. The van der Waals surface area contributed by atoms with Gasteiger partial charge in [0, 0.05) is 29.9 Å². The van der Waals surface area contributed by atoms with Crippen molar-refractivity contribution in [2.45, 2.75) is 38.7 Å². The molecule has 2 N–H and O–H groups in total. The van der Waals surface area contributed by atoms with E-state index in [1.165, 1.54) is 11.3 Å². The molecular formula is C26H25ClN4O3S. The van der Waals surface area contributed by atoms with Crippen LogP contribution in [0.25, 0.3) is 32.0 Å². The van der Waals surface area contributed by atoms with Crippen molar-refractivity contribution >= 4 is 45.1 Å². The second-order valence-electron chi connectivity index (χ2n) is 9.22. The molecule has 0 saturated carbocycles. The number of piperidine rings is 1. The van der Waals surface area contributed by atoms with Gasteiger partial charge in [-0.2, -0.15) is 0 Å². The number of anilines is 1. The SMILES string of the molecule is Cc1cc2nc(-c3ccnc(N4CCC(C)(O)CC4)n3)sc2c(-c2ccc(Cl)cc2)c1CC(=O)O. The lowest BCUT2D eigenvalue weighted by atomic mass is 9.93. The third kappa shape index (κ3) is 4.87. The first-order valence-corrected chi connectivity index (χ1v) is 12.6. The number of hydrogen-bond acceptors (Lipinski definition) is 7. The maximum atomic E-state index is 11.7. The van der Waals surface area contributed by atoms with Crippen LogP contribution >= 0.6 is 22.9 Å². The van der Waals surface area contributed by atoms with Gasteiger partial charge in [-0.05, 0) is 67.6 Å². The van der Waals surface area contributed by atoms with Crippen molar-refractivity contribution < 1.29 is 15.0 Å². The molecule has 1 aliphatic heterocycles. The van der Waals surface area contributed by atoms with Crippen LogP contribution in [0.1, 0.15) is 30.9 Å². The maximum Gasteiger partial charge on any atom is 0.307 e. The van der Waals surface area contributed by atoms with Crippen LogP contribution in [0.15, 0.2) is 42.6 Å². The second-order valence-corrected chi connectivity index (χ2v) is 10.7. The minimum absolute atomic E-state index is 0.0800. The summed E-state index contributed by atoms with van der Waals surface area (Å²) in [5.41, 5.74) is 4.29. The summed E-state index contributed by atoms with van der Waals surface area (Å²) in [6.45, 7) is 5.16. The lowest BCUT2D eigenvalue weighted by Gasteiger charge is -2.35. The van der Waals surface area contributed by atoms with Gasteiger partial charge in [-0.15, -0.1) is 11.3 Å². The Morgan fingerprint density at radius 1 is 1.17 bits per heavy atom. The van der Waals surface area contributed by atoms with Crippen molar-refractivity contribution in [3.63, 3.8) is 0 Å². The highest BCUT2D eigenvalue weighted by molar-refractivity contribution is 7.22. The smallest absolute Gasteiger partial charge is 0.307 e. The number of rotatable bonds is 5. The number of hydrogen-bond donors (Lipinski definition) is 2. The van der Waals surface area contributed by atoms with Crippen molar-refractivity contribution in [2.24, 2.45) is 0 Å². The van der Waals surface area contributed by atoms with Crippen molar-refractivity contribution in [1.29, 1.82) is 0 Å². The molecule has 35 heavy (non-hydrogen) atoms. The van der Waals surface area contributed by atoms with Gasteiger partial charge >= 0.3 is 5.97 Å². The third-order valence-corrected chi connectivity index (χ3v) is 7.82. The summed E-state index contributed by atoms with van der Waals surface area (Å²) in [6, 6.07) is 11.2. The van der Waals surface area contributed by atoms with Gasteiger partial charge in [0.1, 0.15) is 10.7 Å². The monoisotopic (exact) mass is 508 g/mol. The average Bonchev–Trinajstić information content (AvgIpc) is 3.23. The number of carboxylic acids is 1. The highest BCUT2D eigenvalue weighted by atomic mass is 35.5. The van der Waals surface area contributed by atoms with Crippen LogP contribution in [-0.4, -0.2) is 49.8 Å². The van der Waals surface area contributed by atoms with Crippen LogP contribution in [0.4, 0.5) is 5.95 Å². The summed E-state index contributed by atoms with van der Waals surface area (Å²) in [5.74, 6) is -0.258. The quantitative estimate of drug-likeness (QED) is 0.374. The van der Waals surface area contributed by atoms with Gasteiger partial charge in [0.2, 0.25) is 5.95 Å². The lowest BCUT2D eigenvalue weighted by Crippen LogP contribution is -2.43. The molecule has 2 aromatic heterocycles. The third-order valence-electron chi connectivity index (χ3n) is 6.46. The number of aliphatic hydroxyl groups is 1. The first-order chi connectivity index (χ1) is 16.7. The largest absolute Gasteiger partial charge is 0.481 e. The highest BCUT2D eigenvalue weighted by Gasteiger charge is 2.28. The number of aromatic nitrogens is 3. The van der Waals surface area contributed by atoms with E-state index in [-0.39, 0.29) is 6.42 Å². The second kappa shape index (κ2) is 9.18. The van der Waals surface area contributed by atoms with Crippen molar-refractivity contribution in [3.05, 3.63) is 58.7 Å². The lowest BCUT2D eigenvalue weighted by molar-refractivity contribution is -0.136. The number of fused-ring (bicyclic) bond motifs is 1. The van der Waals surface area contributed by atoms with E-state index in [0.717, 1.165) is 37.5 Å². The molecule has 9 heteroatoms. The molecule has 0 atom stereocenters. The van der Waals surface area contributed by atoms with E-state index in [9.17, 15) is 15.0 Å². The Morgan fingerprint density at radius 3 is 2.57 bits per heavy atom. The van der Waals surface area contributed by atoms with Crippen molar-refractivity contribution in [3.8, 4) is 21.8 Å². The number of halogens is 1. The molecule has 1 aliphatic rings. The number of thiazole rings is 1. The fraction of sp³-hybridized carbons (Fsp3) is 0.308. The molecule has 0 bridgehead atoms. The first kappa shape index (κ1) is 23.7.